The second-order valence-electron chi connectivity index (χ2n) is 4.79. The van der Waals surface area contributed by atoms with Gasteiger partial charge in [-0.2, -0.15) is 0 Å². The molecule has 1 aliphatic carbocycles. The molecule has 1 N–H and O–H groups in total. The van der Waals surface area contributed by atoms with Crippen molar-refractivity contribution in [3.05, 3.63) is 27.8 Å². The van der Waals surface area contributed by atoms with Crippen molar-refractivity contribution >= 4 is 5.97 Å². The lowest BCUT2D eigenvalue weighted by molar-refractivity contribution is 0.0421. The van der Waals surface area contributed by atoms with Crippen molar-refractivity contribution in [3.8, 4) is 5.75 Å². The van der Waals surface area contributed by atoms with Crippen molar-refractivity contribution in [1.29, 1.82) is 0 Å². The van der Waals surface area contributed by atoms with Crippen LogP contribution in [0.15, 0.2) is 15.3 Å². The monoisotopic (exact) mass is 238 g/mol. The smallest absolute Gasteiger partial charge is 0.354 e. The van der Waals surface area contributed by atoms with Crippen LogP contribution in [0.3, 0.4) is 0 Å². The Hall–Kier alpha value is -1.78. The van der Waals surface area contributed by atoms with Gasteiger partial charge in [-0.15, -0.1) is 0 Å². The van der Waals surface area contributed by atoms with Crippen LogP contribution < -0.4 is 5.63 Å². The van der Waals surface area contributed by atoms with Gasteiger partial charge in [0.1, 0.15) is 11.5 Å². The number of aromatic hydroxyl groups is 1. The number of carbonyl (C=O) groups is 1. The van der Waals surface area contributed by atoms with Gasteiger partial charge in [0.15, 0.2) is 5.56 Å². The van der Waals surface area contributed by atoms with E-state index < -0.39 is 22.9 Å². The van der Waals surface area contributed by atoms with Crippen LogP contribution in [0.1, 0.15) is 35.9 Å². The summed E-state index contributed by atoms with van der Waals surface area (Å²) in [4.78, 5) is 23.0. The summed E-state index contributed by atoms with van der Waals surface area (Å²) in [7, 11) is 0. The molecule has 0 spiro atoms. The molecule has 0 saturated heterocycles. The first-order valence-electron chi connectivity index (χ1n) is 5.42. The fourth-order valence-corrected chi connectivity index (χ4v) is 1.45. The van der Waals surface area contributed by atoms with Gasteiger partial charge in [-0.25, -0.2) is 9.59 Å². The van der Waals surface area contributed by atoms with Gasteiger partial charge in [0, 0.05) is 11.5 Å². The number of hydrogen-bond acceptors (Lipinski definition) is 5. The second-order valence-corrected chi connectivity index (χ2v) is 4.79. The van der Waals surface area contributed by atoms with Gasteiger partial charge in [-0.3, -0.25) is 0 Å². The van der Waals surface area contributed by atoms with Gasteiger partial charge in [0.2, 0.25) is 0 Å². The summed E-state index contributed by atoms with van der Waals surface area (Å²) < 4.78 is 9.74. The van der Waals surface area contributed by atoms with Crippen molar-refractivity contribution < 1.29 is 19.1 Å². The van der Waals surface area contributed by atoms with E-state index in [0.717, 1.165) is 12.8 Å². The number of aryl methyl sites for hydroxylation is 1. The molecule has 1 saturated carbocycles. The average Bonchev–Trinajstić information content (AvgIpc) is 2.93. The molecule has 0 amide bonds. The van der Waals surface area contributed by atoms with Gasteiger partial charge >= 0.3 is 11.6 Å². The number of carbonyl (C=O) groups excluding carboxylic acids is 1. The summed E-state index contributed by atoms with van der Waals surface area (Å²) in [5, 5.41) is 9.53. The number of esters is 1. The van der Waals surface area contributed by atoms with Crippen LogP contribution in [-0.2, 0) is 4.74 Å². The summed E-state index contributed by atoms with van der Waals surface area (Å²) in [6, 6.07) is 1.22. The molecule has 0 radical (unpaired) electrons. The highest BCUT2D eigenvalue weighted by molar-refractivity contribution is 5.91. The molecule has 0 aliphatic heterocycles. The fourth-order valence-electron chi connectivity index (χ4n) is 1.45. The zero-order chi connectivity index (χ0) is 12.6. The highest BCUT2D eigenvalue weighted by Gasteiger charge is 2.39. The van der Waals surface area contributed by atoms with E-state index >= 15 is 0 Å². The largest absolute Gasteiger partial charge is 0.507 e. The van der Waals surface area contributed by atoms with Gasteiger partial charge in [-0.05, 0) is 19.8 Å². The fraction of sp³-hybridized carbons (Fsp3) is 0.500. The highest BCUT2D eigenvalue weighted by Crippen LogP contribution is 2.45. The lowest BCUT2D eigenvalue weighted by Gasteiger charge is -2.09. The molecular weight excluding hydrogens is 224 g/mol. The van der Waals surface area contributed by atoms with E-state index in [4.69, 9.17) is 9.15 Å². The minimum atomic E-state index is -0.867. The van der Waals surface area contributed by atoms with Crippen molar-refractivity contribution in [2.75, 3.05) is 6.61 Å². The quantitative estimate of drug-likeness (QED) is 0.809. The van der Waals surface area contributed by atoms with Crippen LogP contribution >= 0.6 is 0 Å². The van der Waals surface area contributed by atoms with Crippen LogP contribution in [0.25, 0.3) is 0 Å². The number of rotatable bonds is 3. The predicted molar refractivity (Wildman–Crippen MR) is 59.0 cm³/mol. The number of ether oxygens (including phenoxy) is 1. The topological polar surface area (TPSA) is 76.7 Å². The molecule has 1 heterocycles. The summed E-state index contributed by atoms with van der Waals surface area (Å²) >= 11 is 0. The van der Waals surface area contributed by atoms with Gasteiger partial charge in [0.25, 0.3) is 0 Å². The third-order valence-corrected chi connectivity index (χ3v) is 2.91. The Balaban J connectivity index is 2.16. The molecule has 5 heteroatoms. The lowest BCUT2D eigenvalue weighted by atomic mass is 10.2. The molecule has 17 heavy (non-hydrogen) atoms. The maximum Gasteiger partial charge on any atom is 0.354 e. The van der Waals surface area contributed by atoms with Crippen molar-refractivity contribution in [3.63, 3.8) is 0 Å². The minimum absolute atomic E-state index is 0.0379. The predicted octanol–water partition coefficient (Wildman–Crippen LogP) is 1.61. The highest BCUT2D eigenvalue weighted by atomic mass is 16.5. The SMILES string of the molecule is Cc1cc(O)c(C(=O)OCC2(C)CC2)c(=O)o1. The first kappa shape index (κ1) is 11.7. The Labute approximate surface area is 98.0 Å². The van der Waals surface area contributed by atoms with E-state index in [1.165, 1.54) is 13.0 Å². The van der Waals surface area contributed by atoms with Crippen molar-refractivity contribution in [2.24, 2.45) is 5.41 Å². The maximum absolute atomic E-state index is 11.6. The Morgan fingerprint density at radius 2 is 2.24 bits per heavy atom. The van der Waals surface area contributed by atoms with Gasteiger partial charge < -0.3 is 14.3 Å². The van der Waals surface area contributed by atoms with E-state index in [0.29, 0.717) is 0 Å². The zero-order valence-corrected chi connectivity index (χ0v) is 9.78. The van der Waals surface area contributed by atoms with Crippen LogP contribution in [0.4, 0.5) is 0 Å². The minimum Gasteiger partial charge on any atom is -0.507 e. The lowest BCUT2D eigenvalue weighted by Crippen LogP contribution is -2.19. The molecule has 1 fully saturated rings. The van der Waals surface area contributed by atoms with Crippen molar-refractivity contribution in [1.82, 2.24) is 0 Å². The summed E-state index contributed by atoms with van der Waals surface area (Å²) in [5.41, 5.74) is -1.26. The normalized spacial score (nSPS) is 16.6. The summed E-state index contributed by atoms with van der Waals surface area (Å²) in [6.45, 7) is 3.78. The van der Waals surface area contributed by atoms with Gasteiger partial charge in [0.05, 0.1) is 6.61 Å². The standard InChI is InChI=1S/C12H14O5/c1-7-5-8(13)9(11(15)17-7)10(14)16-6-12(2)3-4-12/h5,13H,3-4,6H2,1-2H3. The Bertz CT molecular complexity index is 510. The van der Waals surface area contributed by atoms with Crippen LogP contribution in [0.2, 0.25) is 0 Å². The maximum atomic E-state index is 11.6. The van der Waals surface area contributed by atoms with Crippen LogP contribution in [0, 0.1) is 12.3 Å². The van der Waals surface area contributed by atoms with Crippen molar-refractivity contribution in [2.45, 2.75) is 26.7 Å². The molecule has 0 aromatic carbocycles. The number of hydrogen-bond donors (Lipinski definition) is 1. The van der Waals surface area contributed by atoms with E-state index in [1.54, 1.807) is 0 Å². The van der Waals surface area contributed by atoms with Gasteiger partial charge in [-0.1, -0.05) is 6.92 Å². The van der Waals surface area contributed by atoms with E-state index in [-0.39, 0.29) is 17.8 Å². The third-order valence-electron chi connectivity index (χ3n) is 2.91. The summed E-state index contributed by atoms with van der Waals surface area (Å²) in [6.07, 6.45) is 2.02. The first-order valence-corrected chi connectivity index (χ1v) is 5.42. The molecule has 0 atom stereocenters. The third kappa shape index (κ3) is 2.49. The second kappa shape index (κ2) is 3.91. The molecule has 1 aliphatic rings. The molecule has 0 bridgehead atoms. The first-order chi connectivity index (χ1) is 7.91. The Morgan fingerprint density at radius 3 is 2.76 bits per heavy atom. The van der Waals surface area contributed by atoms with Crippen LogP contribution in [-0.4, -0.2) is 17.7 Å². The summed E-state index contributed by atoms with van der Waals surface area (Å²) in [5.74, 6) is -0.979. The van der Waals surface area contributed by atoms with E-state index in [9.17, 15) is 14.7 Å². The van der Waals surface area contributed by atoms with E-state index in [1.807, 2.05) is 6.92 Å². The van der Waals surface area contributed by atoms with E-state index in [2.05, 4.69) is 0 Å². The zero-order valence-electron chi connectivity index (χ0n) is 9.78. The molecular formula is C12H14O5. The molecule has 2 rings (SSSR count). The Morgan fingerprint density at radius 1 is 1.59 bits per heavy atom. The molecule has 1 aromatic heterocycles. The average molecular weight is 238 g/mol. The molecule has 92 valence electrons. The molecule has 0 unspecified atom stereocenters. The molecule has 5 nitrogen and oxygen atoms in total. The Kier molecular flexibility index (Phi) is 2.69. The van der Waals surface area contributed by atoms with Crippen LogP contribution in [0.5, 0.6) is 5.75 Å². The molecule has 1 aromatic rings.